The summed E-state index contributed by atoms with van der Waals surface area (Å²) in [6.45, 7) is -0.0443. The fraction of sp³-hybridized carbons (Fsp3) is 0.333. The third-order valence-corrected chi connectivity index (χ3v) is 2.74. The molecule has 0 unspecified atom stereocenters. The second kappa shape index (κ2) is 7.20. The van der Waals surface area contributed by atoms with Crippen LogP contribution in [0.5, 0.6) is 0 Å². The van der Waals surface area contributed by atoms with E-state index in [-0.39, 0.29) is 18.8 Å². The maximum atomic E-state index is 13.5. The molecule has 0 aliphatic rings. The van der Waals surface area contributed by atoms with Crippen LogP contribution in [0.1, 0.15) is 0 Å². The zero-order chi connectivity index (χ0) is 14.4. The van der Waals surface area contributed by atoms with E-state index in [1.54, 1.807) is 13.1 Å². The number of rotatable bonds is 5. The highest BCUT2D eigenvalue weighted by atomic mass is 79.9. The zero-order valence-electron chi connectivity index (χ0n) is 10.6. The van der Waals surface area contributed by atoms with Gasteiger partial charge in [0.05, 0.1) is 25.9 Å². The summed E-state index contributed by atoms with van der Waals surface area (Å²) < 4.78 is 18.5. The van der Waals surface area contributed by atoms with Crippen LogP contribution in [0, 0.1) is 5.82 Å². The molecule has 1 aromatic carbocycles. The molecule has 0 bridgehead atoms. The Bertz CT molecular complexity index is 482. The number of halogens is 2. The van der Waals surface area contributed by atoms with Crippen LogP contribution >= 0.6 is 15.9 Å². The molecule has 1 amide bonds. The molecule has 0 aromatic heterocycles. The SMILES string of the molecule is COC(=O)CN(C)CC(=O)Nc1ccc(Br)cc1F. The van der Waals surface area contributed by atoms with Crippen molar-refractivity contribution in [1.29, 1.82) is 0 Å². The first-order chi connectivity index (χ1) is 8.92. The number of carbonyl (C=O) groups is 2. The maximum Gasteiger partial charge on any atom is 0.319 e. The van der Waals surface area contributed by atoms with Crippen LogP contribution in [0.25, 0.3) is 0 Å². The number of hydrogen-bond acceptors (Lipinski definition) is 4. The van der Waals surface area contributed by atoms with Gasteiger partial charge in [-0.3, -0.25) is 14.5 Å². The summed E-state index contributed by atoms with van der Waals surface area (Å²) in [7, 11) is 2.86. The summed E-state index contributed by atoms with van der Waals surface area (Å²) >= 11 is 3.13. The predicted molar refractivity (Wildman–Crippen MR) is 72.2 cm³/mol. The summed E-state index contributed by atoms with van der Waals surface area (Å²) in [5.74, 6) is -1.38. The Morgan fingerprint density at radius 1 is 1.42 bits per heavy atom. The van der Waals surface area contributed by atoms with Crippen LogP contribution in [0.15, 0.2) is 22.7 Å². The first-order valence-corrected chi connectivity index (χ1v) is 6.22. The molecule has 0 fully saturated rings. The molecular weight excluding hydrogens is 319 g/mol. The van der Waals surface area contributed by atoms with Gasteiger partial charge in [-0.25, -0.2) is 4.39 Å². The first kappa shape index (κ1) is 15.6. The monoisotopic (exact) mass is 332 g/mol. The average molecular weight is 333 g/mol. The standard InChI is InChI=1S/C12H14BrFN2O3/c1-16(7-12(18)19-2)6-11(17)15-10-4-3-8(13)5-9(10)14/h3-5H,6-7H2,1-2H3,(H,15,17). The lowest BCUT2D eigenvalue weighted by Crippen LogP contribution is -2.34. The molecular formula is C12H14BrFN2O3. The van der Waals surface area contributed by atoms with E-state index in [4.69, 9.17) is 0 Å². The van der Waals surface area contributed by atoms with Gasteiger partial charge in [-0.2, -0.15) is 0 Å². The number of likely N-dealkylation sites (N-methyl/N-ethyl adjacent to an activating group) is 1. The second-order valence-corrected chi connectivity index (χ2v) is 4.84. The molecule has 0 spiro atoms. The van der Waals surface area contributed by atoms with Crippen LogP contribution < -0.4 is 5.32 Å². The number of ether oxygens (including phenoxy) is 1. The smallest absolute Gasteiger partial charge is 0.319 e. The number of methoxy groups -OCH3 is 1. The van der Waals surface area contributed by atoms with Crippen molar-refractivity contribution in [1.82, 2.24) is 4.90 Å². The summed E-state index contributed by atoms with van der Waals surface area (Å²) in [5.41, 5.74) is 0.0969. The van der Waals surface area contributed by atoms with Gasteiger partial charge in [-0.15, -0.1) is 0 Å². The van der Waals surface area contributed by atoms with Crippen molar-refractivity contribution in [2.24, 2.45) is 0 Å². The van der Waals surface area contributed by atoms with Crippen molar-refractivity contribution >= 4 is 33.5 Å². The summed E-state index contributed by atoms with van der Waals surface area (Å²) in [6.07, 6.45) is 0. The summed E-state index contributed by atoms with van der Waals surface area (Å²) in [6, 6.07) is 4.34. The number of esters is 1. The zero-order valence-corrected chi connectivity index (χ0v) is 12.2. The minimum atomic E-state index is -0.529. The number of carbonyl (C=O) groups excluding carboxylic acids is 2. The molecule has 0 heterocycles. The molecule has 0 aliphatic carbocycles. The van der Waals surface area contributed by atoms with Gasteiger partial charge in [0.2, 0.25) is 5.91 Å². The molecule has 5 nitrogen and oxygen atoms in total. The van der Waals surface area contributed by atoms with E-state index in [0.29, 0.717) is 4.47 Å². The topological polar surface area (TPSA) is 58.6 Å². The van der Waals surface area contributed by atoms with E-state index in [9.17, 15) is 14.0 Å². The summed E-state index contributed by atoms with van der Waals surface area (Å²) in [5, 5.41) is 2.43. The molecule has 104 valence electrons. The largest absolute Gasteiger partial charge is 0.468 e. The molecule has 7 heteroatoms. The molecule has 1 aromatic rings. The van der Waals surface area contributed by atoms with Crippen LogP contribution in [-0.4, -0.2) is 44.0 Å². The minimum Gasteiger partial charge on any atom is -0.468 e. The van der Waals surface area contributed by atoms with Gasteiger partial charge >= 0.3 is 5.97 Å². The normalized spacial score (nSPS) is 10.4. The number of nitrogens with zero attached hydrogens (tertiary/aromatic N) is 1. The van der Waals surface area contributed by atoms with E-state index >= 15 is 0 Å². The number of hydrogen-bond donors (Lipinski definition) is 1. The Hall–Kier alpha value is -1.47. The molecule has 0 radical (unpaired) electrons. The van der Waals surface area contributed by atoms with Crippen molar-refractivity contribution in [3.8, 4) is 0 Å². The lowest BCUT2D eigenvalue weighted by molar-refractivity contribution is -0.141. The fourth-order valence-electron chi connectivity index (χ4n) is 1.37. The third kappa shape index (κ3) is 5.35. The minimum absolute atomic E-state index is 0.00720. The third-order valence-electron chi connectivity index (χ3n) is 2.25. The number of benzene rings is 1. The Morgan fingerprint density at radius 2 is 2.11 bits per heavy atom. The lowest BCUT2D eigenvalue weighted by atomic mass is 10.3. The van der Waals surface area contributed by atoms with Gasteiger partial charge in [0.15, 0.2) is 0 Å². The second-order valence-electron chi connectivity index (χ2n) is 3.92. The summed E-state index contributed by atoms with van der Waals surface area (Å²) in [4.78, 5) is 24.1. The van der Waals surface area contributed by atoms with Gasteiger partial charge in [-0.05, 0) is 25.2 Å². The molecule has 1 N–H and O–H groups in total. The predicted octanol–water partition coefficient (Wildman–Crippen LogP) is 1.63. The van der Waals surface area contributed by atoms with Gasteiger partial charge in [-0.1, -0.05) is 15.9 Å². The fourth-order valence-corrected chi connectivity index (χ4v) is 1.70. The van der Waals surface area contributed by atoms with Crippen molar-refractivity contribution in [3.63, 3.8) is 0 Å². The average Bonchev–Trinajstić information content (AvgIpc) is 2.32. The highest BCUT2D eigenvalue weighted by molar-refractivity contribution is 9.10. The molecule has 0 saturated heterocycles. The van der Waals surface area contributed by atoms with Crippen molar-refractivity contribution in [3.05, 3.63) is 28.5 Å². The Balaban J connectivity index is 2.53. The van der Waals surface area contributed by atoms with Crippen LogP contribution in [0.4, 0.5) is 10.1 Å². The van der Waals surface area contributed by atoms with E-state index in [1.807, 2.05) is 0 Å². The quantitative estimate of drug-likeness (QED) is 0.832. The molecule has 19 heavy (non-hydrogen) atoms. The Labute approximate surface area is 118 Å². The Kier molecular flexibility index (Phi) is 5.91. The van der Waals surface area contributed by atoms with Gasteiger partial charge < -0.3 is 10.1 Å². The first-order valence-electron chi connectivity index (χ1n) is 5.42. The van der Waals surface area contributed by atoms with Gasteiger partial charge in [0.25, 0.3) is 0 Å². The van der Waals surface area contributed by atoms with E-state index < -0.39 is 17.7 Å². The van der Waals surface area contributed by atoms with Crippen molar-refractivity contribution < 1.29 is 18.7 Å². The van der Waals surface area contributed by atoms with E-state index in [0.717, 1.165) is 0 Å². The number of anilines is 1. The van der Waals surface area contributed by atoms with Crippen LogP contribution in [0.2, 0.25) is 0 Å². The number of nitrogens with one attached hydrogen (secondary N) is 1. The molecule has 0 atom stereocenters. The van der Waals surface area contributed by atoms with Crippen LogP contribution in [-0.2, 0) is 14.3 Å². The highest BCUT2D eigenvalue weighted by Crippen LogP contribution is 2.19. The molecule has 0 saturated carbocycles. The number of amides is 1. The van der Waals surface area contributed by atoms with E-state index in [2.05, 4.69) is 26.0 Å². The van der Waals surface area contributed by atoms with Crippen LogP contribution in [0.3, 0.4) is 0 Å². The van der Waals surface area contributed by atoms with Gasteiger partial charge in [0, 0.05) is 4.47 Å². The van der Waals surface area contributed by atoms with E-state index in [1.165, 1.54) is 24.1 Å². The van der Waals surface area contributed by atoms with Crippen molar-refractivity contribution in [2.45, 2.75) is 0 Å². The Morgan fingerprint density at radius 3 is 2.68 bits per heavy atom. The van der Waals surface area contributed by atoms with Gasteiger partial charge in [0.1, 0.15) is 5.82 Å². The maximum absolute atomic E-state index is 13.5. The highest BCUT2D eigenvalue weighted by Gasteiger charge is 2.12. The lowest BCUT2D eigenvalue weighted by Gasteiger charge is -2.14. The molecule has 0 aliphatic heterocycles. The molecule has 1 rings (SSSR count). The van der Waals surface area contributed by atoms with Crippen molar-refractivity contribution in [2.75, 3.05) is 32.6 Å².